The number of furan rings is 3. The molecule has 0 radical (unpaired) electrons. The molecule has 22 rings (SSSR count). The van der Waals surface area contributed by atoms with Crippen molar-refractivity contribution in [3.05, 3.63) is 352 Å². The second-order valence-electron chi connectivity index (χ2n) is 27.9. The van der Waals surface area contributed by atoms with Gasteiger partial charge in [-0.15, -0.1) is 0 Å². The lowest BCUT2D eigenvalue weighted by molar-refractivity contribution is 0.669. The van der Waals surface area contributed by atoms with Gasteiger partial charge in [0, 0.05) is 104 Å². The van der Waals surface area contributed by atoms with Crippen LogP contribution in [0, 0.1) is 0 Å². The fraction of sp³-hybridized carbons (Fsp3) is 0. The topological polar surface area (TPSA) is 160 Å². The second kappa shape index (κ2) is 26.2. The van der Waals surface area contributed by atoms with Crippen molar-refractivity contribution in [1.82, 2.24) is 49.4 Å². The van der Waals surface area contributed by atoms with Crippen molar-refractivity contribution in [3.63, 3.8) is 0 Å². The first kappa shape index (κ1) is 63.8. The lowest BCUT2D eigenvalue weighted by Gasteiger charge is -2.12. The van der Waals surface area contributed by atoms with Crippen LogP contribution in [0.3, 0.4) is 0 Å². The Balaban J connectivity index is 0.711. The van der Waals surface area contributed by atoms with E-state index in [2.05, 4.69) is 162 Å². The maximum atomic E-state index is 7.29. The molecular weight excluding hydrogens is 1380 g/mol. The van der Waals surface area contributed by atoms with Gasteiger partial charge < -0.3 is 17.8 Å². The number of rotatable bonds is 13. The summed E-state index contributed by atoms with van der Waals surface area (Å²) in [6.07, 6.45) is 0. The zero-order valence-corrected chi connectivity index (χ0v) is 59.7. The average molecular weight is 1440 g/mol. The minimum absolute atomic E-state index is 0.490. The molecule has 0 atom stereocenters. The van der Waals surface area contributed by atoms with Crippen LogP contribution < -0.4 is 0 Å². The number of hydrogen-bond donors (Lipinski definition) is 0. The lowest BCUT2D eigenvalue weighted by atomic mass is 9.93. The first-order valence-electron chi connectivity index (χ1n) is 37.1. The molecule has 0 aliphatic carbocycles. The molecule has 522 valence electrons. The van der Waals surface area contributed by atoms with Gasteiger partial charge in [-0.3, -0.25) is 0 Å². The van der Waals surface area contributed by atoms with Crippen molar-refractivity contribution in [1.29, 1.82) is 0 Å². The third-order valence-electron chi connectivity index (χ3n) is 21.2. The molecule has 15 aromatic carbocycles. The Bertz CT molecular complexity index is 7370. The minimum atomic E-state index is 0.490. The predicted octanol–water partition coefficient (Wildman–Crippen LogP) is 25.0. The summed E-state index contributed by atoms with van der Waals surface area (Å²) < 4.78 is 22.7. The maximum absolute atomic E-state index is 7.29. The van der Waals surface area contributed by atoms with Crippen LogP contribution in [0.4, 0.5) is 0 Å². The van der Waals surface area contributed by atoms with Gasteiger partial charge in [0.05, 0.1) is 11.0 Å². The van der Waals surface area contributed by atoms with E-state index in [1.165, 1.54) is 0 Å². The summed E-state index contributed by atoms with van der Waals surface area (Å²) in [4.78, 5) is 46.9. The Labute approximate surface area is 639 Å². The smallest absolute Gasteiger partial charge is 0.164 e. The Morgan fingerprint density at radius 2 is 0.536 bits per heavy atom. The van der Waals surface area contributed by atoms with E-state index in [0.29, 0.717) is 69.2 Å². The van der Waals surface area contributed by atoms with E-state index in [1.807, 2.05) is 194 Å². The molecule has 0 saturated heterocycles. The van der Waals surface area contributed by atoms with Crippen LogP contribution >= 0.6 is 0 Å². The quantitative estimate of drug-likeness (QED) is 0.108. The van der Waals surface area contributed by atoms with Gasteiger partial charge in [0.1, 0.15) is 33.5 Å². The number of benzene rings is 15. The third kappa shape index (κ3) is 11.0. The highest BCUT2D eigenvalue weighted by molar-refractivity contribution is 6.19. The van der Waals surface area contributed by atoms with E-state index >= 15 is 0 Å². The Morgan fingerprint density at radius 1 is 0.179 bits per heavy atom. The fourth-order valence-corrected chi connectivity index (χ4v) is 15.9. The number of nitrogens with zero attached hydrogens (tertiary/aromatic N) is 10. The molecule has 0 fully saturated rings. The highest BCUT2D eigenvalue weighted by Gasteiger charge is 2.26. The SMILES string of the molecule is c1ccc(-c2nc(-c3ccccc3)nc(-c3ccc(-n4c5ccccc5c5cc(-c6cc(-c7cccc(-c8nc(-c9ccccc9)nc(-c9cccc%10oc%11ccc(-c%12cccc%13oc%14ccccc%14c%12%13)cc%11c9%10)n8)c7)c7oc8cccc(-c9nc(-c%10ccccc%10)nc(-c%10ccccc%10)n9)c8c7c6)ccc54)cc3)n2)cc1. The fourth-order valence-electron chi connectivity index (χ4n) is 15.9. The third-order valence-corrected chi connectivity index (χ3v) is 21.2. The highest BCUT2D eigenvalue weighted by atomic mass is 16.3. The molecule has 13 heteroatoms. The van der Waals surface area contributed by atoms with Crippen LogP contribution in [0.5, 0.6) is 0 Å². The lowest BCUT2D eigenvalue weighted by Crippen LogP contribution is -2.00. The van der Waals surface area contributed by atoms with Crippen LogP contribution in [0.1, 0.15) is 0 Å². The minimum Gasteiger partial charge on any atom is -0.456 e. The molecule has 0 bridgehead atoms. The molecule has 13 nitrogen and oxygen atoms in total. The molecule has 0 aliphatic rings. The van der Waals surface area contributed by atoms with Gasteiger partial charge in [0.2, 0.25) is 0 Å². The monoisotopic (exact) mass is 1430 g/mol. The molecule has 0 N–H and O–H groups in total. The molecule has 0 unspecified atom stereocenters. The Hall–Kier alpha value is -15.5. The molecule has 7 heterocycles. The van der Waals surface area contributed by atoms with Crippen molar-refractivity contribution in [2.24, 2.45) is 0 Å². The summed E-state index contributed by atoms with van der Waals surface area (Å²) in [5, 5.41) is 7.89. The zero-order valence-electron chi connectivity index (χ0n) is 59.7. The summed E-state index contributed by atoms with van der Waals surface area (Å²) in [5.41, 5.74) is 21.1. The molecule has 22 aromatic rings. The first-order valence-corrected chi connectivity index (χ1v) is 37.1. The number of aromatic nitrogens is 10. The summed E-state index contributed by atoms with van der Waals surface area (Å²) in [7, 11) is 0. The summed E-state index contributed by atoms with van der Waals surface area (Å²) in [6.45, 7) is 0. The number of hydrogen-bond acceptors (Lipinski definition) is 12. The molecule has 0 amide bonds. The van der Waals surface area contributed by atoms with E-state index in [9.17, 15) is 0 Å². The standard InChI is InChI=1S/C99H58N10O3/c1-6-24-59(25-7-1)91-100-92(60-26-8-2-9-27-60)102-96(101-91)64-46-50-70(51-47-64)109-80-41-18-16-36-72(80)77-55-65(48-52-81(77)109)69-57-76(90-79(58-69)89-75(40-23-45-86(89)112-90)99-105-93(61-28-10-3-11-29-61)103-94(106-99)62-30-12-4-13-31-62)66-34-20-35-68(54-66)97-104-95(63-32-14-5-15-33-63)107-98(108-97)74-39-22-44-85-88(74)78-56-67(49-53-83(78)111-85)71-38-21-43-84-87(71)73-37-17-19-42-82(73)110-84/h1-58H. The van der Waals surface area contributed by atoms with Crippen LogP contribution in [-0.2, 0) is 0 Å². The molecule has 0 saturated carbocycles. The van der Waals surface area contributed by atoms with E-state index in [1.54, 1.807) is 0 Å². The van der Waals surface area contributed by atoms with Crippen LogP contribution in [-0.4, -0.2) is 49.4 Å². The zero-order chi connectivity index (χ0) is 73.7. The van der Waals surface area contributed by atoms with E-state index in [-0.39, 0.29) is 0 Å². The van der Waals surface area contributed by atoms with Gasteiger partial charge in [-0.05, 0) is 125 Å². The molecule has 112 heavy (non-hydrogen) atoms. The van der Waals surface area contributed by atoms with Crippen molar-refractivity contribution >= 4 is 87.6 Å². The van der Waals surface area contributed by atoms with E-state index < -0.39 is 0 Å². The summed E-state index contributed by atoms with van der Waals surface area (Å²) in [5.74, 6) is 4.95. The Kier molecular flexibility index (Phi) is 14.9. The van der Waals surface area contributed by atoms with Gasteiger partial charge in [0.25, 0.3) is 0 Å². The van der Waals surface area contributed by atoms with Crippen molar-refractivity contribution < 1.29 is 13.3 Å². The molecular formula is C99H58N10O3. The van der Waals surface area contributed by atoms with Crippen LogP contribution in [0.2, 0.25) is 0 Å². The second-order valence-corrected chi connectivity index (χ2v) is 27.9. The maximum Gasteiger partial charge on any atom is 0.164 e. The molecule has 0 aliphatic heterocycles. The average Bonchev–Trinajstić information content (AvgIpc) is 1.57. The van der Waals surface area contributed by atoms with Crippen molar-refractivity contribution in [3.8, 4) is 142 Å². The molecule has 0 spiro atoms. The van der Waals surface area contributed by atoms with Gasteiger partial charge in [-0.1, -0.05) is 255 Å². The van der Waals surface area contributed by atoms with Crippen LogP contribution in [0.25, 0.3) is 229 Å². The van der Waals surface area contributed by atoms with Gasteiger partial charge in [-0.25, -0.2) is 44.9 Å². The normalized spacial score (nSPS) is 11.8. The Morgan fingerprint density at radius 3 is 1.09 bits per heavy atom. The summed E-state index contributed by atoms with van der Waals surface area (Å²) >= 11 is 0. The first-order chi connectivity index (χ1) is 55.5. The molecule has 7 aromatic heterocycles. The van der Waals surface area contributed by atoms with Crippen molar-refractivity contribution in [2.45, 2.75) is 0 Å². The van der Waals surface area contributed by atoms with E-state index in [0.717, 1.165) is 160 Å². The van der Waals surface area contributed by atoms with Gasteiger partial charge >= 0.3 is 0 Å². The largest absolute Gasteiger partial charge is 0.456 e. The van der Waals surface area contributed by atoms with Crippen molar-refractivity contribution in [2.75, 3.05) is 0 Å². The highest BCUT2D eigenvalue weighted by Crippen LogP contribution is 2.47. The summed E-state index contributed by atoms with van der Waals surface area (Å²) in [6, 6.07) is 120. The van der Waals surface area contributed by atoms with Gasteiger partial charge in [-0.2, -0.15) is 0 Å². The predicted molar refractivity (Wildman–Crippen MR) is 448 cm³/mol. The number of fused-ring (bicyclic) bond motifs is 12. The van der Waals surface area contributed by atoms with E-state index in [4.69, 9.17) is 58.1 Å². The van der Waals surface area contributed by atoms with Crippen LogP contribution in [0.15, 0.2) is 365 Å². The number of para-hydroxylation sites is 2. The van der Waals surface area contributed by atoms with Gasteiger partial charge in [0.15, 0.2) is 52.4 Å².